The highest BCUT2D eigenvalue weighted by Gasteiger charge is 2.38. The summed E-state index contributed by atoms with van der Waals surface area (Å²) < 4.78 is 10.9. The van der Waals surface area contributed by atoms with Crippen molar-refractivity contribution in [2.45, 2.75) is 38.5 Å². The van der Waals surface area contributed by atoms with Crippen LogP contribution in [0.4, 0.5) is 4.79 Å². The number of hydrogen-bond acceptors (Lipinski definition) is 5. The third kappa shape index (κ3) is 3.58. The maximum Gasteiger partial charge on any atom is 0.410 e. The Labute approximate surface area is 114 Å². The maximum absolute atomic E-state index is 12.1. The Bertz CT molecular complexity index is 323. The molecule has 19 heavy (non-hydrogen) atoms. The van der Waals surface area contributed by atoms with Crippen LogP contribution in [0.1, 0.15) is 20.8 Å². The standard InChI is InChI=1S/C13H24N2O4/c1-13(2,3)19-12(17)15-5-4-14-6-7-18-11(9-16)10(14)8-15/h10-11,16H,4-9H2,1-3H3. The molecule has 2 unspecified atom stereocenters. The molecule has 0 saturated carbocycles. The summed E-state index contributed by atoms with van der Waals surface area (Å²) in [6, 6.07) is 0.0695. The summed E-state index contributed by atoms with van der Waals surface area (Å²) in [6.45, 7) is 9.12. The second-order valence-electron chi connectivity index (χ2n) is 6.12. The van der Waals surface area contributed by atoms with Crippen molar-refractivity contribution in [3.63, 3.8) is 0 Å². The first-order valence-corrected chi connectivity index (χ1v) is 6.85. The van der Waals surface area contributed by atoms with Crippen LogP contribution in [0.25, 0.3) is 0 Å². The van der Waals surface area contributed by atoms with Gasteiger partial charge in [-0.2, -0.15) is 0 Å². The predicted molar refractivity (Wildman–Crippen MR) is 70.0 cm³/mol. The minimum atomic E-state index is -0.479. The smallest absolute Gasteiger partial charge is 0.410 e. The van der Waals surface area contributed by atoms with Crippen molar-refractivity contribution in [2.75, 3.05) is 39.4 Å². The Balaban J connectivity index is 1.97. The zero-order valence-electron chi connectivity index (χ0n) is 12.0. The van der Waals surface area contributed by atoms with Gasteiger partial charge in [0, 0.05) is 26.2 Å². The van der Waals surface area contributed by atoms with E-state index in [1.54, 1.807) is 4.90 Å². The quantitative estimate of drug-likeness (QED) is 0.744. The van der Waals surface area contributed by atoms with E-state index in [-0.39, 0.29) is 24.8 Å². The van der Waals surface area contributed by atoms with E-state index in [1.165, 1.54) is 0 Å². The molecule has 2 rings (SSSR count). The largest absolute Gasteiger partial charge is 0.444 e. The van der Waals surface area contributed by atoms with Crippen LogP contribution in [-0.4, -0.2) is 78.1 Å². The third-order valence-corrected chi connectivity index (χ3v) is 3.50. The monoisotopic (exact) mass is 272 g/mol. The molecule has 1 amide bonds. The van der Waals surface area contributed by atoms with E-state index in [4.69, 9.17) is 9.47 Å². The summed E-state index contributed by atoms with van der Waals surface area (Å²) in [6.07, 6.45) is -0.492. The average molecular weight is 272 g/mol. The first-order valence-electron chi connectivity index (χ1n) is 6.85. The van der Waals surface area contributed by atoms with Crippen molar-refractivity contribution in [1.29, 1.82) is 0 Å². The second kappa shape index (κ2) is 5.64. The van der Waals surface area contributed by atoms with Gasteiger partial charge in [-0.05, 0) is 20.8 Å². The number of aliphatic hydroxyl groups excluding tert-OH is 1. The molecule has 2 heterocycles. The molecule has 1 N–H and O–H groups in total. The molecule has 2 aliphatic rings. The molecule has 0 aromatic carbocycles. The molecule has 2 aliphatic heterocycles. The number of amides is 1. The van der Waals surface area contributed by atoms with Gasteiger partial charge in [-0.25, -0.2) is 4.79 Å². The lowest BCUT2D eigenvalue weighted by molar-refractivity contribution is -0.113. The summed E-state index contributed by atoms with van der Waals surface area (Å²) in [7, 11) is 0. The number of aliphatic hydroxyl groups is 1. The molecule has 0 spiro atoms. The van der Waals surface area contributed by atoms with Crippen LogP contribution in [0, 0.1) is 0 Å². The lowest BCUT2D eigenvalue weighted by Crippen LogP contribution is -2.63. The summed E-state index contributed by atoms with van der Waals surface area (Å²) >= 11 is 0. The Kier molecular flexibility index (Phi) is 4.32. The van der Waals surface area contributed by atoms with Crippen molar-refractivity contribution in [2.24, 2.45) is 0 Å². The Hall–Kier alpha value is -0.850. The highest BCUT2D eigenvalue weighted by molar-refractivity contribution is 5.68. The Morgan fingerprint density at radius 3 is 2.74 bits per heavy atom. The number of rotatable bonds is 1. The summed E-state index contributed by atoms with van der Waals surface area (Å²) in [5, 5.41) is 9.35. The van der Waals surface area contributed by atoms with Crippen molar-refractivity contribution in [1.82, 2.24) is 9.80 Å². The number of hydrogen-bond donors (Lipinski definition) is 1. The molecule has 2 atom stereocenters. The number of piperazine rings is 1. The fourth-order valence-corrected chi connectivity index (χ4v) is 2.58. The van der Waals surface area contributed by atoms with E-state index >= 15 is 0 Å². The van der Waals surface area contributed by atoms with E-state index in [1.807, 2.05) is 20.8 Å². The second-order valence-corrected chi connectivity index (χ2v) is 6.12. The molecule has 6 nitrogen and oxygen atoms in total. The van der Waals surface area contributed by atoms with Gasteiger partial charge < -0.3 is 19.5 Å². The molecule has 2 saturated heterocycles. The zero-order chi connectivity index (χ0) is 14.0. The van der Waals surface area contributed by atoms with Gasteiger partial charge in [0.1, 0.15) is 5.60 Å². The first kappa shape index (κ1) is 14.6. The van der Waals surface area contributed by atoms with Crippen molar-refractivity contribution >= 4 is 6.09 Å². The highest BCUT2D eigenvalue weighted by atomic mass is 16.6. The van der Waals surface area contributed by atoms with Crippen LogP contribution in [0.2, 0.25) is 0 Å². The van der Waals surface area contributed by atoms with Crippen LogP contribution in [0.3, 0.4) is 0 Å². The molecule has 110 valence electrons. The van der Waals surface area contributed by atoms with Gasteiger partial charge in [0.15, 0.2) is 0 Å². The topological polar surface area (TPSA) is 62.2 Å². The molecular weight excluding hydrogens is 248 g/mol. The lowest BCUT2D eigenvalue weighted by Gasteiger charge is -2.46. The molecular formula is C13H24N2O4. The summed E-state index contributed by atoms with van der Waals surface area (Å²) in [5.74, 6) is 0. The molecule has 2 fully saturated rings. The van der Waals surface area contributed by atoms with E-state index in [0.717, 1.165) is 13.1 Å². The summed E-state index contributed by atoms with van der Waals surface area (Å²) in [5.41, 5.74) is -0.479. The number of ether oxygens (including phenoxy) is 2. The minimum absolute atomic E-state index is 0.0106. The van der Waals surface area contributed by atoms with Gasteiger partial charge >= 0.3 is 6.09 Å². The fourth-order valence-electron chi connectivity index (χ4n) is 2.58. The van der Waals surface area contributed by atoms with Gasteiger partial charge in [-0.15, -0.1) is 0 Å². The SMILES string of the molecule is CC(C)(C)OC(=O)N1CCN2CCOC(CO)C2C1. The highest BCUT2D eigenvalue weighted by Crippen LogP contribution is 2.20. The first-order chi connectivity index (χ1) is 8.90. The van der Waals surface area contributed by atoms with Gasteiger partial charge in [0.05, 0.1) is 25.4 Å². The van der Waals surface area contributed by atoms with Crippen molar-refractivity contribution in [3.05, 3.63) is 0 Å². The summed E-state index contributed by atoms with van der Waals surface area (Å²) in [4.78, 5) is 16.1. The van der Waals surface area contributed by atoms with Crippen LogP contribution in [0.15, 0.2) is 0 Å². The number of fused-ring (bicyclic) bond motifs is 1. The van der Waals surface area contributed by atoms with Gasteiger partial charge in [0.25, 0.3) is 0 Å². The minimum Gasteiger partial charge on any atom is -0.444 e. The number of carbonyl (C=O) groups excluding carboxylic acids is 1. The predicted octanol–water partition coefficient (Wildman–Crippen LogP) is 0.299. The van der Waals surface area contributed by atoms with E-state index in [9.17, 15) is 9.90 Å². The van der Waals surface area contributed by atoms with Crippen LogP contribution in [-0.2, 0) is 9.47 Å². The van der Waals surface area contributed by atoms with Crippen LogP contribution in [0.5, 0.6) is 0 Å². The molecule has 0 aliphatic carbocycles. The molecule has 0 aromatic heterocycles. The molecule has 0 aromatic rings. The Morgan fingerprint density at radius 2 is 2.11 bits per heavy atom. The van der Waals surface area contributed by atoms with E-state index < -0.39 is 5.60 Å². The average Bonchev–Trinajstić information content (AvgIpc) is 2.35. The van der Waals surface area contributed by atoms with Gasteiger partial charge in [0.2, 0.25) is 0 Å². The lowest BCUT2D eigenvalue weighted by atomic mass is 10.0. The van der Waals surface area contributed by atoms with Crippen molar-refractivity contribution < 1.29 is 19.4 Å². The number of carbonyl (C=O) groups is 1. The normalized spacial score (nSPS) is 28.9. The Morgan fingerprint density at radius 1 is 1.37 bits per heavy atom. The number of morpholine rings is 1. The van der Waals surface area contributed by atoms with E-state index in [2.05, 4.69) is 4.90 Å². The molecule has 6 heteroatoms. The van der Waals surface area contributed by atoms with Crippen LogP contribution < -0.4 is 0 Å². The molecule has 0 radical (unpaired) electrons. The molecule has 0 bridgehead atoms. The van der Waals surface area contributed by atoms with Crippen molar-refractivity contribution in [3.8, 4) is 0 Å². The van der Waals surface area contributed by atoms with E-state index in [0.29, 0.717) is 19.7 Å². The fraction of sp³-hybridized carbons (Fsp3) is 0.923. The van der Waals surface area contributed by atoms with Gasteiger partial charge in [-0.1, -0.05) is 0 Å². The number of nitrogens with zero attached hydrogens (tertiary/aromatic N) is 2. The van der Waals surface area contributed by atoms with Crippen LogP contribution >= 0.6 is 0 Å². The zero-order valence-corrected chi connectivity index (χ0v) is 12.0. The third-order valence-electron chi connectivity index (χ3n) is 3.50. The maximum atomic E-state index is 12.1. The van der Waals surface area contributed by atoms with Gasteiger partial charge in [-0.3, -0.25) is 4.90 Å².